The van der Waals surface area contributed by atoms with E-state index in [9.17, 15) is 4.79 Å². The molecule has 0 aromatic heterocycles. The highest BCUT2D eigenvalue weighted by molar-refractivity contribution is 6.00. The summed E-state index contributed by atoms with van der Waals surface area (Å²) in [6.45, 7) is 1.55. The van der Waals surface area contributed by atoms with E-state index in [2.05, 4.69) is 5.32 Å². The highest BCUT2D eigenvalue weighted by Gasteiger charge is 2.16. The summed E-state index contributed by atoms with van der Waals surface area (Å²) in [5, 5.41) is 11.5. The van der Waals surface area contributed by atoms with Gasteiger partial charge in [0.25, 0.3) is 5.91 Å². The molecule has 1 amide bonds. The Bertz CT molecular complexity index is 434. The van der Waals surface area contributed by atoms with Crippen LogP contribution in [0.1, 0.15) is 17.3 Å². The smallest absolute Gasteiger partial charge is 0.253 e. The third kappa shape index (κ3) is 3.04. The number of nitrogens with two attached hydrogens (primary N) is 1. The van der Waals surface area contributed by atoms with Crippen LogP contribution >= 0.6 is 0 Å². The largest absolute Gasteiger partial charge is 0.493 e. The van der Waals surface area contributed by atoms with Crippen molar-refractivity contribution < 1.29 is 19.4 Å². The van der Waals surface area contributed by atoms with Gasteiger partial charge in [0.2, 0.25) is 0 Å². The van der Waals surface area contributed by atoms with Crippen LogP contribution in [0.4, 0.5) is 5.69 Å². The number of hydrogen-bond donors (Lipinski definition) is 3. The van der Waals surface area contributed by atoms with Crippen molar-refractivity contribution in [1.29, 1.82) is 0 Å². The van der Waals surface area contributed by atoms with Crippen molar-refractivity contribution in [3.05, 3.63) is 17.7 Å². The van der Waals surface area contributed by atoms with Gasteiger partial charge < -0.3 is 25.6 Å². The van der Waals surface area contributed by atoms with E-state index in [0.29, 0.717) is 11.5 Å². The van der Waals surface area contributed by atoms with Crippen molar-refractivity contribution >= 4 is 11.6 Å². The molecule has 18 heavy (non-hydrogen) atoms. The molecular weight excluding hydrogens is 236 g/mol. The van der Waals surface area contributed by atoms with Crippen LogP contribution in [0.2, 0.25) is 0 Å². The molecule has 6 nitrogen and oxygen atoms in total. The lowest BCUT2D eigenvalue weighted by molar-refractivity contribution is 0.0923. The predicted molar refractivity (Wildman–Crippen MR) is 68.0 cm³/mol. The Morgan fingerprint density at radius 2 is 1.94 bits per heavy atom. The van der Waals surface area contributed by atoms with Gasteiger partial charge in [-0.25, -0.2) is 0 Å². The summed E-state index contributed by atoms with van der Waals surface area (Å²) in [4.78, 5) is 11.9. The minimum atomic E-state index is -0.366. The van der Waals surface area contributed by atoms with Crippen molar-refractivity contribution in [1.82, 2.24) is 5.32 Å². The van der Waals surface area contributed by atoms with Gasteiger partial charge in [-0.15, -0.1) is 0 Å². The summed E-state index contributed by atoms with van der Waals surface area (Å²) in [5.41, 5.74) is 6.35. The van der Waals surface area contributed by atoms with Crippen LogP contribution in [0.5, 0.6) is 11.5 Å². The second kappa shape index (κ2) is 6.11. The number of anilines is 1. The van der Waals surface area contributed by atoms with E-state index >= 15 is 0 Å². The second-order valence-corrected chi connectivity index (χ2v) is 3.85. The molecule has 1 rings (SSSR count). The molecule has 0 unspecified atom stereocenters. The topological polar surface area (TPSA) is 93.8 Å². The number of carbonyl (C=O) groups is 1. The van der Waals surface area contributed by atoms with Crippen LogP contribution in [0.15, 0.2) is 12.1 Å². The number of rotatable bonds is 5. The predicted octanol–water partition coefficient (Wildman–Crippen LogP) is 0.397. The minimum absolute atomic E-state index is 0.140. The molecule has 1 aromatic carbocycles. The zero-order valence-electron chi connectivity index (χ0n) is 10.7. The number of hydrogen-bond acceptors (Lipinski definition) is 5. The zero-order chi connectivity index (χ0) is 13.7. The van der Waals surface area contributed by atoms with Crippen molar-refractivity contribution in [2.45, 2.75) is 13.0 Å². The highest BCUT2D eigenvalue weighted by atomic mass is 16.5. The lowest BCUT2D eigenvalue weighted by atomic mass is 10.1. The first-order valence-electron chi connectivity index (χ1n) is 5.46. The molecule has 0 spiro atoms. The van der Waals surface area contributed by atoms with Crippen molar-refractivity contribution in [2.75, 3.05) is 26.6 Å². The number of aliphatic hydroxyl groups excluding tert-OH is 1. The lowest BCUT2D eigenvalue weighted by Gasteiger charge is -2.14. The number of amides is 1. The maximum absolute atomic E-state index is 11.9. The van der Waals surface area contributed by atoms with E-state index in [1.54, 1.807) is 6.92 Å². The van der Waals surface area contributed by atoms with Gasteiger partial charge >= 0.3 is 0 Å². The number of methoxy groups -OCH3 is 2. The molecule has 1 aromatic rings. The Kier molecular flexibility index (Phi) is 4.79. The first-order valence-corrected chi connectivity index (χ1v) is 5.46. The maximum Gasteiger partial charge on any atom is 0.253 e. The van der Waals surface area contributed by atoms with Crippen molar-refractivity contribution in [3.8, 4) is 11.5 Å². The molecule has 6 heteroatoms. The number of carbonyl (C=O) groups excluding carboxylic acids is 1. The van der Waals surface area contributed by atoms with Gasteiger partial charge in [0.15, 0.2) is 11.5 Å². The van der Waals surface area contributed by atoms with Crippen LogP contribution in [0.25, 0.3) is 0 Å². The maximum atomic E-state index is 11.9. The molecular formula is C12H18N2O4. The average molecular weight is 254 g/mol. The van der Waals surface area contributed by atoms with Crippen LogP contribution in [0.3, 0.4) is 0 Å². The molecule has 0 aliphatic heterocycles. The normalized spacial score (nSPS) is 11.8. The van der Waals surface area contributed by atoms with Crippen molar-refractivity contribution in [3.63, 3.8) is 0 Å². The van der Waals surface area contributed by atoms with E-state index in [4.69, 9.17) is 20.3 Å². The summed E-state index contributed by atoms with van der Waals surface area (Å²) >= 11 is 0. The molecule has 0 aliphatic rings. The summed E-state index contributed by atoms with van der Waals surface area (Å²) < 4.78 is 10.2. The highest BCUT2D eigenvalue weighted by Crippen LogP contribution is 2.31. The van der Waals surface area contributed by atoms with Gasteiger partial charge in [-0.3, -0.25) is 4.79 Å². The SMILES string of the molecule is COc1cc(N)c(C(=O)N[C@@H](C)CO)cc1OC. The van der Waals surface area contributed by atoms with E-state index in [-0.39, 0.29) is 29.8 Å². The fourth-order valence-electron chi connectivity index (χ4n) is 1.44. The quantitative estimate of drug-likeness (QED) is 0.661. The van der Waals surface area contributed by atoms with Crippen molar-refractivity contribution in [2.24, 2.45) is 0 Å². The summed E-state index contributed by atoms with van der Waals surface area (Å²) in [5.74, 6) is 0.519. The fourth-order valence-corrected chi connectivity index (χ4v) is 1.44. The van der Waals surface area contributed by atoms with Gasteiger partial charge in [0.05, 0.1) is 26.4 Å². The van der Waals surface area contributed by atoms with Gasteiger partial charge in [-0.1, -0.05) is 0 Å². The zero-order valence-corrected chi connectivity index (χ0v) is 10.7. The summed E-state index contributed by atoms with van der Waals surface area (Å²) in [6, 6.07) is 2.69. The molecule has 1 atom stereocenters. The van der Waals surface area contributed by atoms with E-state index in [0.717, 1.165) is 0 Å². The Balaban J connectivity index is 3.05. The fraction of sp³-hybridized carbons (Fsp3) is 0.417. The van der Waals surface area contributed by atoms with Crippen LogP contribution in [0, 0.1) is 0 Å². The number of nitrogens with one attached hydrogen (secondary N) is 1. The first-order chi connectivity index (χ1) is 8.53. The summed E-state index contributed by atoms with van der Waals surface area (Å²) in [7, 11) is 2.97. The van der Waals surface area contributed by atoms with E-state index in [1.807, 2.05) is 0 Å². The molecule has 4 N–H and O–H groups in total. The number of benzene rings is 1. The van der Waals surface area contributed by atoms with Gasteiger partial charge in [0.1, 0.15) is 0 Å². The van der Waals surface area contributed by atoms with Crippen LogP contribution < -0.4 is 20.5 Å². The summed E-state index contributed by atoms with van der Waals surface area (Å²) in [6.07, 6.45) is 0. The van der Waals surface area contributed by atoms with Gasteiger partial charge in [0, 0.05) is 17.8 Å². The molecule has 0 aliphatic carbocycles. The van der Waals surface area contributed by atoms with Crippen LogP contribution in [-0.4, -0.2) is 37.9 Å². The Hall–Kier alpha value is -1.95. The molecule has 0 heterocycles. The van der Waals surface area contributed by atoms with E-state index < -0.39 is 0 Å². The third-order valence-corrected chi connectivity index (χ3v) is 2.45. The first kappa shape index (κ1) is 14.1. The molecule has 0 radical (unpaired) electrons. The second-order valence-electron chi connectivity index (χ2n) is 3.85. The molecule has 0 saturated heterocycles. The standard InChI is InChI=1S/C12H18N2O4/c1-7(6-15)14-12(16)8-4-10(17-2)11(18-3)5-9(8)13/h4-5,7,15H,6,13H2,1-3H3,(H,14,16)/t7-/m0/s1. The Morgan fingerprint density at radius 3 is 2.44 bits per heavy atom. The minimum Gasteiger partial charge on any atom is -0.493 e. The molecule has 0 saturated carbocycles. The average Bonchev–Trinajstić information content (AvgIpc) is 2.37. The van der Waals surface area contributed by atoms with E-state index in [1.165, 1.54) is 26.4 Å². The Morgan fingerprint density at radius 1 is 1.39 bits per heavy atom. The lowest BCUT2D eigenvalue weighted by Crippen LogP contribution is -2.35. The van der Waals surface area contributed by atoms with Gasteiger partial charge in [-0.2, -0.15) is 0 Å². The molecule has 0 bridgehead atoms. The van der Waals surface area contributed by atoms with Gasteiger partial charge in [-0.05, 0) is 13.0 Å². The van der Waals surface area contributed by atoms with Crippen LogP contribution in [-0.2, 0) is 0 Å². The number of aliphatic hydroxyl groups is 1. The molecule has 100 valence electrons. The monoisotopic (exact) mass is 254 g/mol. The number of ether oxygens (including phenoxy) is 2. The Labute approximate surface area is 106 Å². The molecule has 0 fully saturated rings. The third-order valence-electron chi connectivity index (χ3n) is 2.45. The number of nitrogen functional groups attached to an aromatic ring is 1.